The second-order valence-electron chi connectivity index (χ2n) is 7.31. The quantitative estimate of drug-likeness (QED) is 0.156. The minimum atomic E-state index is -3.42. The monoisotopic (exact) mass is 453 g/mol. The number of likely N-dealkylation sites (tertiary alicyclic amines) is 1. The molecule has 3 aromatic rings. The molecule has 0 unspecified atom stereocenters. The van der Waals surface area contributed by atoms with Gasteiger partial charge in [0.05, 0.1) is 11.0 Å². The van der Waals surface area contributed by atoms with Gasteiger partial charge in [0.1, 0.15) is 10.6 Å². The van der Waals surface area contributed by atoms with Gasteiger partial charge in [0.2, 0.25) is 0 Å². The standard InChI is InChI=1S/C19H20ClN3O8/c20-12-15(26)13(24)11(14(25)16(12)27)18(28,29)23-10-6-2-1-5-9(10)21-17(23)19(30,31)22-7-3-4-8-22/h1-2,5-6,24-31H,3-4,7-8H2. The molecule has 2 aromatic carbocycles. The number of hydrogen-bond acceptors (Lipinski definition) is 10. The molecule has 1 aromatic heterocycles. The molecule has 166 valence electrons. The van der Waals surface area contributed by atoms with Gasteiger partial charge >= 0.3 is 0 Å². The molecular weight excluding hydrogens is 434 g/mol. The maximum atomic E-state index is 11.1. The van der Waals surface area contributed by atoms with Crippen LogP contribution in [-0.2, 0) is 11.8 Å². The van der Waals surface area contributed by atoms with Crippen LogP contribution in [0.4, 0.5) is 0 Å². The number of phenolic OH excluding ortho intramolecular Hbond substituents is 4. The normalized spacial score (nSPS) is 15.8. The molecule has 31 heavy (non-hydrogen) atoms. The lowest BCUT2D eigenvalue weighted by molar-refractivity contribution is -0.285. The summed E-state index contributed by atoms with van der Waals surface area (Å²) in [5.74, 6) is -11.5. The Balaban J connectivity index is 2.04. The molecule has 12 heteroatoms. The number of rotatable bonds is 4. The van der Waals surface area contributed by atoms with Crippen LogP contribution >= 0.6 is 11.6 Å². The molecule has 8 N–H and O–H groups in total. The van der Waals surface area contributed by atoms with Gasteiger partial charge < -0.3 is 40.9 Å². The number of para-hydroxylation sites is 2. The van der Waals surface area contributed by atoms with E-state index in [2.05, 4.69) is 4.98 Å². The van der Waals surface area contributed by atoms with E-state index < -0.39 is 51.2 Å². The van der Waals surface area contributed by atoms with Crippen molar-refractivity contribution in [3.05, 3.63) is 40.7 Å². The van der Waals surface area contributed by atoms with E-state index in [1.54, 1.807) is 6.07 Å². The molecule has 4 rings (SSSR count). The predicted octanol–water partition coefficient (Wildman–Crippen LogP) is 0.346. The SMILES string of the molecule is Oc1c(O)c(C(O)(O)n2c(C(O)(O)N3CCCC3)nc3ccccc32)c(O)c(O)c1Cl. The summed E-state index contributed by atoms with van der Waals surface area (Å²) in [5, 5.41) is 83.7. The third kappa shape index (κ3) is 3.05. The van der Waals surface area contributed by atoms with Crippen LogP contribution in [0.3, 0.4) is 0 Å². The second kappa shape index (κ2) is 7.12. The Morgan fingerprint density at radius 2 is 1.35 bits per heavy atom. The molecule has 0 radical (unpaired) electrons. The Hall–Kier alpha value is -2.80. The smallest absolute Gasteiger partial charge is 0.288 e. The molecule has 1 aliphatic rings. The van der Waals surface area contributed by atoms with Crippen molar-refractivity contribution >= 4 is 22.6 Å². The fourth-order valence-electron chi connectivity index (χ4n) is 3.84. The van der Waals surface area contributed by atoms with Crippen molar-refractivity contribution in [2.24, 2.45) is 0 Å². The summed E-state index contributed by atoms with van der Waals surface area (Å²) in [7, 11) is 0. The zero-order valence-corrected chi connectivity index (χ0v) is 16.7. The first-order valence-electron chi connectivity index (χ1n) is 9.28. The zero-order chi connectivity index (χ0) is 22.7. The first-order valence-corrected chi connectivity index (χ1v) is 9.66. The highest BCUT2D eigenvalue weighted by Crippen LogP contribution is 2.53. The third-order valence-corrected chi connectivity index (χ3v) is 5.75. The van der Waals surface area contributed by atoms with Gasteiger partial charge in [-0.1, -0.05) is 23.7 Å². The average Bonchev–Trinajstić information content (AvgIpc) is 3.39. The van der Waals surface area contributed by atoms with E-state index in [0.717, 1.165) is 0 Å². The largest absolute Gasteiger partial charge is 0.504 e. The summed E-state index contributed by atoms with van der Waals surface area (Å²) in [6.45, 7) is 0.582. The van der Waals surface area contributed by atoms with Gasteiger partial charge in [-0.05, 0) is 25.0 Å². The molecule has 0 saturated carbocycles. The molecule has 0 spiro atoms. The van der Waals surface area contributed by atoms with Crippen LogP contribution in [0.2, 0.25) is 5.02 Å². The van der Waals surface area contributed by atoms with Crippen molar-refractivity contribution in [1.29, 1.82) is 0 Å². The molecule has 0 bridgehead atoms. The molecular formula is C19H20ClN3O8. The minimum absolute atomic E-state index is 0.0121. The van der Waals surface area contributed by atoms with E-state index in [-0.39, 0.29) is 11.0 Å². The number of fused-ring (bicyclic) bond motifs is 1. The lowest BCUT2D eigenvalue weighted by Gasteiger charge is -2.35. The summed E-state index contributed by atoms with van der Waals surface area (Å²) in [4.78, 5) is 5.39. The highest BCUT2D eigenvalue weighted by atomic mass is 35.5. The van der Waals surface area contributed by atoms with E-state index in [1.165, 1.54) is 23.1 Å². The maximum absolute atomic E-state index is 11.1. The average molecular weight is 454 g/mol. The molecule has 0 amide bonds. The predicted molar refractivity (Wildman–Crippen MR) is 106 cm³/mol. The molecule has 1 saturated heterocycles. The van der Waals surface area contributed by atoms with Crippen molar-refractivity contribution in [2.75, 3.05) is 13.1 Å². The van der Waals surface area contributed by atoms with Gasteiger partial charge in [0, 0.05) is 13.1 Å². The van der Waals surface area contributed by atoms with Crippen LogP contribution < -0.4 is 0 Å². The van der Waals surface area contributed by atoms with E-state index in [1.807, 2.05) is 0 Å². The van der Waals surface area contributed by atoms with Crippen LogP contribution in [0.1, 0.15) is 24.2 Å². The Kier molecular flexibility index (Phi) is 4.92. The summed E-state index contributed by atoms with van der Waals surface area (Å²) in [6.07, 6.45) is 1.35. The number of imidazole rings is 1. The highest BCUT2D eigenvalue weighted by molar-refractivity contribution is 6.34. The molecule has 0 atom stereocenters. The number of aromatic hydroxyl groups is 4. The zero-order valence-electron chi connectivity index (χ0n) is 15.9. The van der Waals surface area contributed by atoms with Crippen LogP contribution in [0.25, 0.3) is 11.0 Å². The van der Waals surface area contributed by atoms with Crippen LogP contribution in [0.5, 0.6) is 23.0 Å². The van der Waals surface area contributed by atoms with Crippen molar-refractivity contribution in [3.8, 4) is 23.0 Å². The number of aliphatic hydroxyl groups is 4. The van der Waals surface area contributed by atoms with Gasteiger partial charge in [0.25, 0.3) is 11.8 Å². The Morgan fingerprint density at radius 1 is 0.806 bits per heavy atom. The van der Waals surface area contributed by atoms with Crippen LogP contribution in [-0.4, -0.2) is 68.4 Å². The first kappa shape index (κ1) is 21.4. The van der Waals surface area contributed by atoms with Gasteiger partial charge in [-0.3, -0.25) is 4.57 Å². The van der Waals surface area contributed by atoms with Crippen molar-refractivity contribution in [2.45, 2.75) is 24.7 Å². The van der Waals surface area contributed by atoms with E-state index in [4.69, 9.17) is 11.6 Å². The van der Waals surface area contributed by atoms with Gasteiger partial charge in [-0.15, -0.1) is 0 Å². The minimum Gasteiger partial charge on any atom is -0.504 e. The Bertz CT molecular complexity index is 1140. The number of nitrogens with zero attached hydrogens (tertiary/aromatic N) is 3. The van der Waals surface area contributed by atoms with Crippen LogP contribution in [0, 0.1) is 0 Å². The van der Waals surface area contributed by atoms with Crippen molar-refractivity contribution in [3.63, 3.8) is 0 Å². The van der Waals surface area contributed by atoms with Gasteiger partial charge in [-0.25, -0.2) is 9.88 Å². The fourth-order valence-corrected chi connectivity index (χ4v) is 4.01. The summed E-state index contributed by atoms with van der Waals surface area (Å²) < 4.78 is 0.572. The third-order valence-electron chi connectivity index (χ3n) is 5.39. The van der Waals surface area contributed by atoms with Crippen molar-refractivity contribution in [1.82, 2.24) is 14.5 Å². The first-order chi connectivity index (χ1) is 14.5. The van der Waals surface area contributed by atoms with Crippen LogP contribution in [0.15, 0.2) is 24.3 Å². The topological polar surface area (TPSA) is 183 Å². The molecule has 2 heterocycles. The summed E-state index contributed by atoms with van der Waals surface area (Å²) >= 11 is 5.63. The number of halogens is 1. The molecule has 11 nitrogen and oxygen atoms in total. The lowest BCUT2D eigenvalue weighted by atomic mass is 10.1. The second-order valence-corrected chi connectivity index (χ2v) is 7.69. The maximum Gasteiger partial charge on any atom is 0.288 e. The number of hydrogen-bond donors (Lipinski definition) is 8. The Morgan fingerprint density at radius 3 is 1.94 bits per heavy atom. The van der Waals surface area contributed by atoms with Gasteiger partial charge in [0.15, 0.2) is 28.8 Å². The van der Waals surface area contributed by atoms with E-state index in [9.17, 15) is 40.9 Å². The fraction of sp³-hybridized carbons (Fsp3) is 0.316. The summed E-state index contributed by atoms with van der Waals surface area (Å²) in [5.41, 5.74) is -1.02. The molecule has 1 fully saturated rings. The summed E-state index contributed by atoms with van der Waals surface area (Å²) in [6, 6.07) is 5.96. The molecule has 0 aliphatic carbocycles. The molecule has 1 aliphatic heterocycles. The Labute approximate surface area is 179 Å². The highest BCUT2D eigenvalue weighted by Gasteiger charge is 2.48. The van der Waals surface area contributed by atoms with E-state index >= 15 is 0 Å². The van der Waals surface area contributed by atoms with E-state index in [0.29, 0.717) is 30.5 Å². The number of phenols is 4. The lowest BCUT2D eigenvalue weighted by Crippen LogP contribution is -2.49. The van der Waals surface area contributed by atoms with Gasteiger partial charge in [-0.2, -0.15) is 0 Å². The number of benzene rings is 2. The number of aromatic nitrogens is 2. The van der Waals surface area contributed by atoms with Crippen molar-refractivity contribution < 1.29 is 40.9 Å².